The van der Waals surface area contributed by atoms with Crippen LogP contribution in [-0.2, 0) is 0 Å². The maximum absolute atomic E-state index is 2.27. The van der Waals surface area contributed by atoms with Crippen LogP contribution >= 0.6 is 0 Å². The summed E-state index contributed by atoms with van der Waals surface area (Å²) in [6, 6.07) is 0. The molecule has 0 fully saturated rings. The third kappa shape index (κ3) is 4.45. The molecule has 0 spiro atoms. The molecule has 14 heavy (non-hydrogen) atoms. The third-order valence-corrected chi connectivity index (χ3v) is 2.23. The topological polar surface area (TPSA) is 0 Å². The fraction of sp³-hybridized carbons (Fsp3) is 0.571. The van der Waals surface area contributed by atoms with Gasteiger partial charge in [-0.05, 0) is 18.8 Å². The second kappa shape index (κ2) is 5.85. The molecule has 0 radical (unpaired) electrons. The molecule has 1 rings (SSSR count). The Kier molecular flexibility index (Phi) is 5.52. The van der Waals surface area contributed by atoms with Crippen LogP contribution in [0.4, 0.5) is 0 Å². The monoisotopic (exact) mass is 192 g/mol. The molecule has 1 aliphatic carbocycles. The first-order chi connectivity index (χ1) is 6.50. The lowest BCUT2D eigenvalue weighted by Crippen LogP contribution is -2.08. The highest BCUT2D eigenvalue weighted by Gasteiger charge is 2.15. The van der Waals surface area contributed by atoms with Crippen molar-refractivity contribution >= 4 is 0 Å². The Bertz CT molecular complexity index is 244. The molecule has 0 saturated heterocycles. The first kappa shape index (κ1) is 13.2. The average Bonchev–Trinajstić information content (AvgIpc) is 2.32. The van der Waals surface area contributed by atoms with Crippen molar-refractivity contribution in [3.63, 3.8) is 0 Å². The smallest absolute Gasteiger partial charge is 0.0127 e. The van der Waals surface area contributed by atoms with Crippen molar-refractivity contribution in [1.29, 1.82) is 0 Å². The van der Waals surface area contributed by atoms with Crippen molar-refractivity contribution in [3.05, 3.63) is 35.5 Å². The van der Waals surface area contributed by atoms with Crippen LogP contribution in [0.25, 0.3) is 0 Å². The lowest BCUT2D eigenvalue weighted by atomic mass is 9.84. The van der Waals surface area contributed by atoms with E-state index in [1.165, 1.54) is 11.1 Å². The summed E-state index contributed by atoms with van der Waals surface area (Å²) in [5, 5.41) is 0. The zero-order valence-corrected chi connectivity index (χ0v) is 10.5. The molecule has 0 heteroatoms. The normalized spacial score (nSPS) is 16.1. The Balaban J connectivity index is 0.000000791. The van der Waals surface area contributed by atoms with Gasteiger partial charge in [-0.15, -0.1) is 0 Å². The van der Waals surface area contributed by atoms with Gasteiger partial charge in [-0.1, -0.05) is 70.1 Å². The average molecular weight is 192 g/mol. The molecule has 0 atom stereocenters. The quantitative estimate of drug-likeness (QED) is 0.512. The van der Waals surface area contributed by atoms with Crippen molar-refractivity contribution in [2.75, 3.05) is 0 Å². The van der Waals surface area contributed by atoms with Crippen LogP contribution in [0.5, 0.6) is 0 Å². The van der Waals surface area contributed by atoms with E-state index in [1.807, 2.05) is 13.8 Å². The van der Waals surface area contributed by atoms with E-state index in [2.05, 4.69) is 52.0 Å². The Morgan fingerprint density at radius 3 is 2.14 bits per heavy atom. The molecule has 0 heterocycles. The number of rotatable bonds is 0. The van der Waals surface area contributed by atoms with Crippen molar-refractivity contribution in [2.45, 2.75) is 48.0 Å². The van der Waals surface area contributed by atoms with Crippen molar-refractivity contribution in [2.24, 2.45) is 5.41 Å². The fourth-order valence-corrected chi connectivity index (χ4v) is 1.28. The third-order valence-electron chi connectivity index (χ3n) is 2.23. The van der Waals surface area contributed by atoms with Gasteiger partial charge in [0.2, 0.25) is 0 Å². The predicted molar refractivity (Wildman–Crippen MR) is 66.4 cm³/mol. The summed E-state index contributed by atoms with van der Waals surface area (Å²) in [7, 11) is 0. The molecule has 0 aliphatic heterocycles. The highest BCUT2D eigenvalue weighted by atomic mass is 14.2. The van der Waals surface area contributed by atoms with Crippen molar-refractivity contribution < 1.29 is 0 Å². The van der Waals surface area contributed by atoms with E-state index in [-0.39, 0.29) is 0 Å². The van der Waals surface area contributed by atoms with Crippen LogP contribution in [0.15, 0.2) is 35.5 Å². The summed E-state index contributed by atoms with van der Waals surface area (Å²) in [6.07, 6.45) is 9.99. The number of hydrogen-bond donors (Lipinski definition) is 0. The zero-order chi connectivity index (χ0) is 11.2. The van der Waals surface area contributed by atoms with E-state index in [9.17, 15) is 0 Å². The number of hydrogen-bond acceptors (Lipinski definition) is 0. The van der Waals surface area contributed by atoms with E-state index in [4.69, 9.17) is 0 Å². The molecule has 0 unspecified atom stereocenters. The maximum atomic E-state index is 2.27. The Hall–Kier alpha value is -0.780. The van der Waals surface area contributed by atoms with Gasteiger partial charge in [0.1, 0.15) is 0 Å². The Morgan fingerprint density at radius 1 is 1.07 bits per heavy atom. The van der Waals surface area contributed by atoms with Crippen LogP contribution in [0.2, 0.25) is 0 Å². The first-order valence-corrected chi connectivity index (χ1v) is 5.54. The Labute approximate surface area is 89.4 Å². The number of allylic oxidation sites excluding steroid dienone is 6. The van der Waals surface area contributed by atoms with E-state index in [1.54, 1.807) is 0 Å². The Morgan fingerprint density at radius 2 is 1.64 bits per heavy atom. The summed E-state index contributed by atoms with van der Waals surface area (Å²) < 4.78 is 0. The molecule has 0 N–H and O–H groups in total. The molecule has 1 aliphatic rings. The minimum atomic E-state index is 0.311. The summed E-state index contributed by atoms with van der Waals surface area (Å²) in [5.74, 6) is 0. The SMILES string of the molecule is CC.CC1=CC=C(C(C)(C)C)CC=C1. The van der Waals surface area contributed by atoms with Crippen LogP contribution in [0.3, 0.4) is 0 Å². The second-order valence-electron chi connectivity index (χ2n) is 4.46. The van der Waals surface area contributed by atoms with E-state index < -0.39 is 0 Å². The largest absolute Gasteiger partial charge is 0.0802 e. The summed E-state index contributed by atoms with van der Waals surface area (Å²) >= 11 is 0. The molecule has 0 aromatic heterocycles. The van der Waals surface area contributed by atoms with Crippen LogP contribution in [0, 0.1) is 5.41 Å². The van der Waals surface area contributed by atoms with Gasteiger partial charge in [-0.3, -0.25) is 0 Å². The lowest BCUT2D eigenvalue weighted by molar-refractivity contribution is 0.494. The van der Waals surface area contributed by atoms with E-state index >= 15 is 0 Å². The highest BCUT2D eigenvalue weighted by Crippen LogP contribution is 2.29. The van der Waals surface area contributed by atoms with Crippen molar-refractivity contribution in [3.8, 4) is 0 Å². The molecule has 0 amide bonds. The minimum absolute atomic E-state index is 0.311. The van der Waals surface area contributed by atoms with E-state index in [0.717, 1.165) is 6.42 Å². The molecule has 0 saturated carbocycles. The molecular formula is C14H24. The zero-order valence-electron chi connectivity index (χ0n) is 10.5. The van der Waals surface area contributed by atoms with Gasteiger partial charge in [-0.25, -0.2) is 0 Å². The summed E-state index contributed by atoms with van der Waals surface area (Å²) in [6.45, 7) is 12.9. The summed E-state index contributed by atoms with van der Waals surface area (Å²) in [4.78, 5) is 0. The summed E-state index contributed by atoms with van der Waals surface area (Å²) in [5.41, 5.74) is 3.16. The van der Waals surface area contributed by atoms with Gasteiger partial charge in [0, 0.05) is 0 Å². The van der Waals surface area contributed by atoms with Gasteiger partial charge in [-0.2, -0.15) is 0 Å². The predicted octanol–water partition coefficient (Wildman–Crippen LogP) is 4.89. The van der Waals surface area contributed by atoms with Gasteiger partial charge in [0.05, 0.1) is 0 Å². The minimum Gasteiger partial charge on any atom is -0.0802 e. The molecular weight excluding hydrogens is 168 g/mol. The fourth-order valence-electron chi connectivity index (χ4n) is 1.28. The molecule has 0 nitrogen and oxygen atoms in total. The molecule has 0 aromatic carbocycles. The molecule has 0 bridgehead atoms. The molecule has 80 valence electrons. The van der Waals surface area contributed by atoms with Gasteiger partial charge in [0.25, 0.3) is 0 Å². The van der Waals surface area contributed by atoms with Gasteiger partial charge < -0.3 is 0 Å². The standard InChI is InChI=1S/C12H18.C2H6/c1-10-6-5-7-11(9-8-10)12(2,3)4;1-2/h5-6,8-9H,7H2,1-4H3;1-2H3. The second-order valence-corrected chi connectivity index (χ2v) is 4.46. The highest BCUT2D eigenvalue weighted by molar-refractivity contribution is 5.31. The van der Waals surface area contributed by atoms with E-state index in [0.29, 0.717) is 5.41 Å². The van der Waals surface area contributed by atoms with Crippen LogP contribution in [-0.4, -0.2) is 0 Å². The van der Waals surface area contributed by atoms with Crippen LogP contribution in [0.1, 0.15) is 48.0 Å². The molecule has 0 aromatic rings. The van der Waals surface area contributed by atoms with Crippen LogP contribution < -0.4 is 0 Å². The van der Waals surface area contributed by atoms with Gasteiger partial charge >= 0.3 is 0 Å². The maximum Gasteiger partial charge on any atom is -0.0127 e. The first-order valence-electron chi connectivity index (χ1n) is 5.54. The van der Waals surface area contributed by atoms with Crippen molar-refractivity contribution in [1.82, 2.24) is 0 Å². The van der Waals surface area contributed by atoms with Gasteiger partial charge in [0.15, 0.2) is 0 Å². The lowest BCUT2D eigenvalue weighted by Gasteiger charge is -2.21.